The van der Waals surface area contributed by atoms with E-state index in [2.05, 4.69) is 16.7 Å². The van der Waals surface area contributed by atoms with Gasteiger partial charge in [-0.15, -0.1) is 0 Å². The molecule has 1 aliphatic carbocycles. The second-order valence-corrected chi connectivity index (χ2v) is 7.40. The summed E-state index contributed by atoms with van der Waals surface area (Å²) < 4.78 is 0. The second-order valence-electron chi connectivity index (χ2n) is 6.96. The van der Waals surface area contributed by atoms with Gasteiger partial charge in [0.1, 0.15) is 0 Å². The van der Waals surface area contributed by atoms with Gasteiger partial charge < -0.3 is 10.6 Å². The maximum atomic E-state index is 12.7. The van der Waals surface area contributed by atoms with Gasteiger partial charge in [-0.3, -0.25) is 4.79 Å². The van der Waals surface area contributed by atoms with Crippen molar-refractivity contribution in [2.75, 3.05) is 13.1 Å². The van der Waals surface area contributed by atoms with E-state index < -0.39 is 0 Å². The average molecular weight is 335 g/mol. The van der Waals surface area contributed by atoms with Gasteiger partial charge in [-0.2, -0.15) is 0 Å². The Kier molecular flexibility index (Phi) is 5.96. The van der Waals surface area contributed by atoms with Crippen LogP contribution in [-0.4, -0.2) is 19.0 Å². The molecule has 1 saturated heterocycles. The SMILES string of the molecule is O=C(NC(c1cccc(Cl)c1)C1CCCCC1)C1CCNCC1. The number of carbonyl (C=O) groups is 1. The quantitative estimate of drug-likeness (QED) is 0.871. The molecular weight excluding hydrogens is 308 g/mol. The standard InChI is InChI=1S/C19H27ClN2O/c20-17-8-4-7-16(13-17)18(14-5-2-1-3-6-14)22-19(23)15-9-11-21-12-10-15/h4,7-8,13-15,18,21H,1-3,5-6,9-12H2,(H,22,23). The van der Waals surface area contributed by atoms with Crippen molar-refractivity contribution >= 4 is 17.5 Å². The van der Waals surface area contributed by atoms with Gasteiger partial charge >= 0.3 is 0 Å². The van der Waals surface area contributed by atoms with Gasteiger partial charge in [-0.1, -0.05) is 43.0 Å². The lowest BCUT2D eigenvalue weighted by Crippen LogP contribution is -2.41. The van der Waals surface area contributed by atoms with Crippen LogP contribution >= 0.6 is 11.6 Å². The minimum absolute atomic E-state index is 0.108. The van der Waals surface area contributed by atoms with E-state index in [1.807, 2.05) is 18.2 Å². The summed E-state index contributed by atoms with van der Waals surface area (Å²) in [6, 6.07) is 8.12. The smallest absolute Gasteiger partial charge is 0.223 e. The molecule has 2 fully saturated rings. The molecule has 1 saturated carbocycles. The summed E-state index contributed by atoms with van der Waals surface area (Å²) in [4.78, 5) is 12.7. The number of benzene rings is 1. The number of nitrogens with one attached hydrogen (secondary N) is 2. The van der Waals surface area contributed by atoms with Crippen molar-refractivity contribution in [2.24, 2.45) is 11.8 Å². The number of piperidine rings is 1. The molecule has 1 aromatic rings. The maximum Gasteiger partial charge on any atom is 0.223 e. The zero-order valence-electron chi connectivity index (χ0n) is 13.7. The first-order chi connectivity index (χ1) is 11.2. The van der Waals surface area contributed by atoms with Crippen LogP contribution in [0.4, 0.5) is 0 Å². The molecule has 23 heavy (non-hydrogen) atoms. The Hall–Kier alpha value is -1.06. The zero-order chi connectivity index (χ0) is 16.1. The Morgan fingerprint density at radius 1 is 1.13 bits per heavy atom. The topological polar surface area (TPSA) is 41.1 Å². The van der Waals surface area contributed by atoms with E-state index in [0.717, 1.165) is 36.5 Å². The molecule has 1 atom stereocenters. The number of halogens is 1. The fourth-order valence-corrected chi connectivity index (χ4v) is 4.19. The number of amides is 1. The Labute approximate surface area is 144 Å². The summed E-state index contributed by atoms with van der Waals surface area (Å²) in [6.07, 6.45) is 8.14. The monoisotopic (exact) mass is 334 g/mol. The van der Waals surface area contributed by atoms with Gasteiger partial charge in [0.05, 0.1) is 6.04 Å². The first-order valence-corrected chi connectivity index (χ1v) is 9.38. The minimum atomic E-state index is 0.108. The molecule has 0 bridgehead atoms. The third-order valence-electron chi connectivity index (χ3n) is 5.34. The van der Waals surface area contributed by atoms with E-state index in [9.17, 15) is 4.79 Å². The molecule has 2 N–H and O–H groups in total. The molecule has 0 spiro atoms. The molecule has 0 aromatic heterocycles. The third-order valence-corrected chi connectivity index (χ3v) is 5.57. The summed E-state index contributed by atoms with van der Waals surface area (Å²) in [5.41, 5.74) is 1.16. The number of rotatable bonds is 4. The number of hydrogen-bond donors (Lipinski definition) is 2. The molecule has 1 amide bonds. The van der Waals surface area contributed by atoms with Crippen LogP contribution in [0.15, 0.2) is 24.3 Å². The highest BCUT2D eigenvalue weighted by Gasteiger charge is 2.29. The molecule has 1 aromatic carbocycles. The lowest BCUT2D eigenvalue weighted by Gasteiger charge is -2.33. The Morgan fingerprint density at radius 2 is 1.87 bits per heavy atom. The fourth-order valence-electron chi connectivity index (χ4n) is 4.00. The van der Waals surface area contributed by atoms with Crippen LogP contribution in [0, 0.1) is 11.8 Å². The molecule has 1 unspecified atom stereocenters. The van der Waals surface area contributed by atoms with E-state index >= 15 is 0 Å². The van der Waals surface area contributed by atoms with Crippen molar-refractivity contribution in [3.8, 4) is 0 Å². The van der Waals surface area contributed by atoms with Gasteiger partial charge in [0.2, 0.25) is 5.91 Å². The van der Waals surface area contributed by atoms with E-state index in [4.69, 9.17) is 11.6 Å². The molecule has 1 heterocycles. The molecule has 4 heteroatoms. The molecular formula is C19H27ClN2O. The van der Waals surface area contributed by atoms with E-state index in [1.165, 1.54) is 32.1 Å². The van der Waals surface area contributed by atoms with Crippen LogP contribution in [-0.2, 0) is 4.79 Å². The predicted octanol–water partition coefficient (Wildman–Crippen LogP) is 4.08. The van der Waals surface area contributed by atoms with Crippen molar-refractivity contribution in [2.45, 2.75) is 51.0 Å². The molecule has 1 aliphatic heterocycles. The first-order valence-electron chi connectivity index (χ1n) is 9.00. The van der Waals surface area contributed by atoms with Gasteiger partial charge in [-0.05, 0) is 62.4 Å². The fraction of sp³-hybridized carbons (Fsp3) is 0.632. The number of carbonyl (C=O) groups excluding carboxylic acids is 1. The van der Waals surface area contributed by atoms with E-state index in [0.29, 0.717) is 5.92 Å². The molecule has 0 radical (unpaired) electrons. The second kappa shape index (κ2) is 8.16. The van der Waals surface area contributed by atoms with Gasteiger partial charge in [0.15, 0.2) is 0 Å². The third kappa shape index (κ3) is 4.48. The molecule has 126 valence electrons. The molecule has 3 rings (SSSR count). The minimum Gasteiger partial charge on any atom is -0.349 e. The largest absolute Gasteiger partial charge is 0.349 e. The summed E-state index contributed by atoms with van der Waals surface area (Å²) in [6.45, 7) is 1.90. The van der Waals surface area contributed by atoms with Crippen LogP contribution in [0.25, 0.3) is 0 Å². The van der Waals surface area contributed by atoms with Crippen LogP contribution in [0.5, 0.6) is 0 Å². The van der Waals surface area contributed by atoms with Crippen molar-refractivity contribution in [1.29, 1.82) is 0 Å². The number of hydrogen-bond acceptors (Lipinski definition) is 2. The summed E-state index contributed by atoms with van der Waals surface area (Å²) in [5.74, 6) is 0.913. The summed E-state index contributed by atoms with van der Waals surface area (Å²) >= 11 is 6.19. The summed E-state index contributed by atoms with van der Waals surface area (Å²) in [7, 11) is 0. The predicted molar refractivity (Wildman–Crippen MR) is 94.5 cm³/mol. The van der Waals surface area contributed by atoms with Crippen molar-refractivity contribution in [3.05, 3.63) is 34.9 Å². The first kappa shape index (κ1) is 16.8. The Morgan fingerprint density at radius 3 is 2.57 bits per heavy atom. The van der Waals surface area contributed by atoms with Crippen LogP contribution in [0.2, 0.25) is 5.02 Å². The Bertz CT molecular complexity index is 522. The van der Waals surface area contributed by atoms with Crippen molar-refractivity contribution in [3.63, 3.8) is 0 Å². The molecule has 2 aliphatic rings. The van der Waals surface area contributed by atoms with Crippen LogP contribution in [0.1, 0.15) is 56.6 Å². The van der Waals surface area contributed by atoms with Crippen LogP contribution in [0.3, 0.4) is 0 Å². The maximum absolute atomic E-state index is 12.7. The lowest BCUT2D eigenvalue weighted by atomic mass is 9.80. The Balaban J connectivity index is 1.75. The van der Waals surface area contributed by atoms with Gasteiger partial charge in [0, 0.05) is 10.9 Å². The normalized spacial score (nSPS) is 21.8. The highest BCUT2D eigenvalue weighted by molar-refractivity contribution is 6.30. The van der Waals surface area contributed by atoms with E-state index in [-0.39, 0.29) is 17.9 Å². The molecule has 3 nitrogen and oxygen atoms in total. The lowest BCUT2D eigenvalue weighted by molar-refractivity contribution is -0.127. The van der Waals surface area contributed by atoms with Gasteiger partial charge in [-0.25, -0.2) is 0 Å². The van der Waals surface area contributed by atoms with Gasteiger partial charge in [0.25, 0.3) is 0 Å². The highest BCUT2D eigenvalue weighted by Crippen LogP contribution is 2.35. The van der Waals surface area contributed by atoms with Crippen molar-refractivity contribution in [1.82, 2.24) is 10.6 Å². The van der Waals surface area contributed by atoms with Crippen LogP contribution < -0.4 is 10.6 Å². The highest BCUT2D eigenvalue weighted by atomic mass is 35.5. The zero-order valence-corrected chi connectivity index (χ0v) is 14.4. The average Bonchev–Trinajstić information content (AvgIpc) is 2.61. The summed E-state index contributed by atoms with van der Waals surface area (Å²) in [5, 5.41) is 7.45. The van der Waals surface area contributed by atoms with Crippen molar-refractivity contribution < 1.29 is 4.79 Å². The van der Waals surface area contributed by atoms with E-state index in [1.54, 1.807) is 0 Å².